The molecule has 8 heteroatoms. The summed E-state index contributed by atoms with van der Waals surface area (Å²) >= 11 is 0. The van der Waals surface area contributed by atoms with Crippen LogP contribution in [0.5, 0.6) is 0 Å². The van der Waals surface area contributed by atoms with Crippen molar-refractivity contribution in [3.8, 4) is 0 Å². The van der Waals surface area contributed by atoms with Crippen molar-refractivity contribution in [1.82, 2.24) is 20.3 Å². The topological polar surface area (TPSA) is 112 Å². The van der Waals surface area contributed by atoms with E-state index in [4.69, 9.17) is 11.5 Å². The van der Waals surface area contributed by atoms with Gasteiger partial charge in [0, 0.05) is 18.4 Å². The molecule has 0 bridgehead atoms. The maximum absolute atomic E-state index is 13.8. The number of amides is 1. The molecule has 0 aliphatic heterocycles. The average Bonchev–Trinajstić information content (AvgIpc) is 2.90. The number of nitrogens with zero attached hydrogens (tertiary/aromatic N) is 3. The van der Waals surface area contributed by atoms with Gasteiger partial charge in [0.2, 0.25) is 0 Å². The van der Waals surface area contributed by atoms with Crippen LogP contribution in [0.4, 0.5) is 4.39 Å². The van der Waals surface area contributed by atoms with E-state index < -0.39 is 6.17 Å². The highest BCUT2D eigenvalue weighted by molar-refractivity contribution is 5.91. The monoisotopic (exact) mass is 296 g/mol. The molecule has 0 saturated heterocycles. The van der Waals surface area contributed by atoms with Crippen LogP contribution in [0.3, 0.4) is 0 Å². The van der Waals surface area contributed by atoms with Gasteiger partial charge in [0.25, 0.3) is 5.91 Å². The van der Waals surface area contributed by atoms with Gasteiger partial charge in [-0.1, -0.05) is 5.21 Å². The Labute approximate surface area is 122 Å². The molecule has 1 heterocycles. The van der Waals surface area contributed by atoms with E-state index in [-0.39, 0.29) is 24.6 Å². The third kappa shape index (κ3) is 6.07. The zero-order chi connectivity index (χ0) is 15.8. The van der Waals surface area contributed by atoms with E-state index in [1.54, 1.807) is 19.1 Å². The van der Waals surface area contributed by atoms with Crippen LogP contribution in [0.2, 0.25) is 0 Å². The van der Waals surface area contributed by atoms with Crippen molar-refractivity contribution < 1.29 is 9.18 Å². The second-order valence-electron chi connectivity index (χ2n) is 4.69. The van der Waals surface area contributed by atoms with Crippen LogP contribution >= 0.6 is 0 Å². The van der Waals surface area contributed by atoms with Gasteiger partial charge in [-0.2, -0.15) is 0 Å². The smallest absolute Gasteiger partial charge is 0.273 e. The van der Waals surface area contributed by atoms with E-state index in [1.807, 2.05) is 0 Å². The standard InChI is InChI=1S/C13H21FN6O/c1-9(15)3-5-11(16)6-4-10(14)7-20-8-12(18-19-20)13(21)17-2/h3,5,8,10H,4,6-7,15-16H2,1-2H3,(H,17,21). The van der Waals surface area contributed by atoms with Gasteiger partial charge >= 0.3 is 0 Å². The maximum atomic E-state index is 13.8. The molecular weight excluding hydrogens is 275 g/mol. The summed E-state index contributed by atoms with van der Waals surface area (Å²) in [4.78, 5) is 11.3. The third-order valence-corrected chi connectivity index (χ3v) is 2.69. The van der Waals surface area contributed by atoms with Crippen LogP contribution in [-0.4, -0.2) is 34.1 Å². The molecule has 1 aromatic rings. The zero-order valence-corrected chi connectivity index (χ0v) is 12.2. The van der Waals surface area contributed by atoms with Gasteiger partial charge in [0.05, 0.1) is 12.7 Å². The van der Waals surface area contributed by atoms with Gasteiger partial charge in [0.15, 0.2) is 5.69 Å². The summed E-state index contributed by atoms with van der Waals surface area (Å²) in [5, 5.41) is 9.79. The molecule has 0 aliphatic carbocycles. The van der Waals surface area contributed by atoms with Gasteiger partial charge in [-0.05, 0) is 31.9 Å². The highest BCUT2D eigenvalue weighted by Gasteiger charge is 2.12. The molecule has 0 spiro atoms. The van der Waals surface area contributed by atoms with Gasteiger partial charge in [-0.25, -0.2) is 9.07 Å². The van der Waals surface area contributed by atoms with E-state index >= 15 is 0 Å². The van der Waals surface area contributed by atoms with Crippen LogP contribution in [0.25, 0.3) is 0 Å². The molecule has 0 aromatic carbocycles. The second-order valence-corrected chi connectivity index (χ2v) is 4.69. The summed E-state index contributed by atoms with van der Waals surface area (Å²) in [6.07, 6.45) is 4.30. The molecule has 1 rings (SSSR count). The Morgan fingerprint density at radius 2 is 2.24 bits per heavy atom. The third-order valence-electron chi connectivity index (χ3n) is 2.69. The summed E-state index contributed by atoms with van der Waals surface area (Å²) < 4.78 is 15.1. The minimum absolute atomic E-state index is 0.0308. The fraction of sp³-hybridized carbons (Fsp3) is 0.462. The number of carbonyl (C=O) groups excluding carboxylic acids is 1. The minimum Gasteiger partial charge on any atom is -0.402 e. The van der Waals surface area contributed by atoms with E-state index in [2.05, 4.69) is 15.6 Å². The molecule has 0 fully saturated rings. The first-order chi connectivity index (χ1) is 9.92. The summed E-state index contributed by atoms with van der Waals surface area (Å²) in [5.74, 6) is -0.354. The quantitative estimate of drug-likeness (QED) is 0.633. The molecule has 1 unspecified atom stereocenters. The van der Waals surface area contributed by atoms with Crippen LogP contribution in [-0.2, 0) is 6.54 Å². The number of nitrogens with two attached hydrogens (primary N) is 2. The number of carbonyl (C=O) groups is 1. The Balaban J connectivity index is 2.45. The van der Waals surface area contributed by atoms with E-state index in [0.29, 0.717) is 17.8 Å². The highest BCUT2D eigenvalue weighted by atomic mass is 19.1. The molecule has 0 aliphatic rings. The van der Waals surface area contributed by atoms with Crippen molar-refractivity contribution in [2.75, 3.05) is 7.05 Å². The number of allylic oxidation sites excluding steroid dienone is 4. The lowest BCUT2D eigenvalue weighted by molar-refractivity contribution is 0.0958. The van der Waals surface area contributed by atoms with Crippen LogP contribution in [0, 0.1) is 0 Å². The van der Waals surface area contributed by atoms with Gasteiger partial charge in [-0.15, -0.1) is 5.10 Å². The van der Waals surface area contributed by atoms with Crippen molar-refractivity contribution >= 4 is 5.91 Å². The zero-order valence-electron chi connectivity index (χ0n) is 12.2. The number of alkyl halides is 1. The second kappa shape index (κ2) is 8.03. The van der Waals surface area contributed by atoms with Crippen molar-refractivity contribution in [1.29, 1.82) is 0 Å². The molecule has 21 heavy (non-hydrogen) atoms. The maximum Gasteiger partial charge on any atom is 0.273 e. The SMILES string of the molecule is CNC(=O)c1cn(CC(F)CCC(N)=CC=C(C)N)nn1. The Morgan fingerprint density at radius 3 is 2.86 bits per heavy atom. The molecule has 0 saturated carbocycles. The van der Waals surface area contributed by atoms with Gasteiger partial charge in [-0.3, -0.25) is 4.79 Å². The summed E-state index contributed by atoms with van der Waals surface area (Å²) in [7, 11) is 1.49. The molecule has 1 aromatic heterocycles. The van der Waals surface area contributed by atoms with Gasteiger partial charge in [0.1, 0.15) is 6.17 Å². The summed E-state index contributed by atoms with van der Waals surface area (Å²) in [6.45, 7) is 1.78. The Bertz CT molecular complexity index is 533. The number of nitrogens with one attached hydrogen (secondary N) is 1. The predicted molar refractivity (Wildman–Crippen MR) is 77.8 cm³/mol. The van der Waals surface area contributed by atoms with E-state index in [9.17, 15) is 9.18 Å². The Morgan fingerprint density at radius 1 is 1.52 bits per heavy atom. The van der Waals surface area contributed by atoms with Crippen LogP contribution in [0.15, 0.2) is 29.7 Å². The molecule has 7 nitrogen and oxygen atoms in total. The lowest BCUT2D eigenvalue weighted by Gasteiger charge is -2.07. The van der Waals surface area contributed by atoms with Crippen LogP contribution in [0.1, 0.15) is 30.3 Å². The number of hydrogen-bond acceptors (Lipinski definition) is 5. The molecule has 1 amide bonds. The fourth-order valence-electron chi connectivity index (χ4n) is 1.56. The lowest BCUT2D eigenvalue weighted by Crippen LogP contribution is -2.18. The van der Waals surface area contributed by atoms with Crippen molar-refractivity contribution in [2.24, 2.45) is 11.5 Å². The fourth-order valence-corrected chi connectivity index (χ4v) is 1.56. The van der Waals surface area contributed by atoms with E-state index in [1.165, 1.54) is 17.9 Å². The van der Waals surface area contributed by atoms with E-state index in [0.717, 1.165) is 0 Å². The number of hydrogen-bond donors (Lipinski definition) is 3. The first-order valence-electron chi connectivity index (χ1n) is 6.57. The minimum atomic E-state index is -1.13. The number of halogens is 1. The molecule has 116 valence electrons. The summed E-state index contributed by atoms with van der Waals surface area (Å²) in [5.41, 5.74) is 12.6. The summed E-state index contributed by atoms with van der Waals surface area (Å²) in [6, 6.07) is 0. The van der Waals surface area contributed by atoms with Crippen molar-refractivity contribution in [2.45, 2.75) is 32.5 Å². The number of rotatable bonds is 7. The first-order valence-corrected chi connectivity index (χ1v) is 6.57. The van der Waals surface area contributed by atoms with Crippen molar-refractivity contribution in [3.05, 3.63) is 35.4 Å². The molecule has 5 N–H and O–H groups in total. The molecule has 0 radical (unpaired) electrons. The normalized spacial score (nSPS) is 14.0. The molecular formula is C13H21FN6O. The van der Waals surface area contributed by atoms with Gasteiger partial charge < -0.3 is 16.8 Å². The average molecular weight is 296 g/mol. The Kier molecular flexibility index (Phi) is 6.38. The van der Waals surface area contributed by atoms with Crippen molar-refractivity contribution in [3.63, 3.8) is 0 Å². The predicted octanol–water partition coefficient (Wildman–Crippen LogP) is 0.461. The highest BCUT2D eigenvalue weighted by Crippen LogP contribution is 2.09. The first kappa shape index (κ1) is 16.7. The largest absolute Gasteiger partial charge is 0.402 e. The van der Waals surface area contributed by atoms with Crippen LogP contribution < -0.4 is 16.8 Å². The lowest BCUT2D eigenvalue weighted by atomic mass is 10.1. The number of aromatic nitrogens is 3. The Hall–Kier alpha value is -2.38. The molecule has 1 atom stereocenters.